The predicted molar refractivity (Wildman–Crippen MR) is 135 cm³/mol. The van der Waals surface area contributed by atoms with Crippen molar-refractivity contribution in [1.29, 1.82) is 5.26 Å². The first-order valence-electron chi connectivity index (χ1n) is 10.6. The van der Waals surface area contributed by atoms with E-state index in [0.29, 0.717) is 17.5 Å². The van der Waals surface area contributed by atoms with Crippen LogP contribution in [-0.4, -0.2) is 35.1 Å². The molecule has 0 saturated heterocycles. The number of H-pyrrole nitrogens is 1. The molecule has 0 aliphatic heterocycles. The summed E-state index contributed by atoms with van der Waals surface area (Å²) < 4.78 is 2.04. The molecule has 0 bridgehead atoms. The van der Waals surface area contributed by atoms with Crippen LogP contribution < -0.4 is 0 Å². The molecule has 0 fully saturated rings. The Kier molecular flexibility index (Phi) is 6.16. The Morgan fingerprint density at radius 2 is 1.91 bits per heavy atom. The summed E-state index contributed by atoms with van der Waals surface area (Å²) in [5.74, 6) is 1.06. The number of thiophene rings is 1. The summed E-state index contributed by atoms with van der Waals surface area (Å²) in [6.07, 6.45) is 0. The minimum atomic E-state index is -0.447. The highest BCUT2D eigenvalue weighted by molar-refractivity contribution is 7.99. The number of allylic oxidation sites excluding steroid dienone is 1. The van der Waals surface area contributed by atoms with E-state index in [9.17, 15) is 10.4 Å². The van der Waals surface area contributed by atoms with E-state index in [1.807, 2.05) is 71.5 Å². The summed E-state index contributed by atoms with van der Waals surface area (Å²) in [5.41, 5.74) is 2.78. The molecule has 168 valence electrons. The van der Waals surface area contributed by atoms with Crippen molar-refractivity contribution in [1.82, 2.24) is 24.7 Å². The molecule has 2 aromatic carbocycles. The summed E-state index contributed by atoms with van der Waals surface area (Å²) in [7, 11) is 0. The third-order valence-electron chi connectivity index (χ3n) is 5.30. The van der Waals surface area contributed by atoms with E-state index in [2.05, 4.69) is 38.4 Å². The molecule has 2 N–H and O–H groups in total. The molecule has 0 saturated carbocycles. The van der Waals surface area contributed by atoms with Gasteiger partial charge in [0.25, 0.3) is 0 Å². The van der Waals surface area contributed by atoms with Crippen molar-refractivity contribution in [2.45, 2.75) is 23.9 Å². The number of aliphatic hydroxyl groups is 1. The molecule has 7 nitrogen and oxygen atoms in total. The summed E-state index contributed by atoms with van der Waals surface area (Å²) in [4.78, 5) is 8.61. The van der Waals surface area contributed by atoms with E-state index < -0.39 is 5.25 Å². The quantitative estimate of drug-likeness (QED) is 0.169. The SMILES string of the molecule is CC(Sc1nnc(-c2cccs2)n1Cc1ccccc1)/C(O)=C(\C#N)c1nc2ccccc2[nH]1. The average Bonchev–Trinajstić information content (AvgIpc) is 3.60. The van der Waals surface area contributed by atoms with Crippen LogP contribution in [0.25, 0.3) is 27.3 Å². The lowest BCUT2D eigenvalue weighted by molar-refractivity contribution is 0.401. The fraction of sp³-hybridized carbons (Fsp3) is 0.120. The third-order valence-corrected chi connectivity index (χ3v) is 7.26. The fourth-order valence-corrected chi connectivity index (χ4v) is 5.22. The Morgan fingerprint density at radius 1 is 1.12 bits per heavy atom. The first-order valence-corrected chi connectivity index (χ1v) is 12.4. The van der Waals surface area contributed by atoms with Gasteiger partial charge < -0.3 is 10.1 Å². The van der Waals surface area contributed by atoms with Crippen molar-refractivity contribution in [3.63, 3.8) is 0 Å². The molecule has 34 heavy (non-hydrogen) atoms. The van der Waals surface area contributed by atoms with Gasteiger partial charge in [-0.15, -0.1) is 21.5 Å². The van der Waals surface area contributed by atoms with E-state index in [1.54, 1.807) is 11.3 Å². The Labute approximate surface area is 204 Å². The topological polar surface area (TPSA) is 103 Å². The van der Waals surface area contributed by atoms with E-state index in [4.69, 9.17) is 0 Å². The average molecular weight is 485 g/mol. The fourth-order valence-electron chi connectivity index (χ4n) is 3.59. The maximum Gasteiger partial charge on any atom is 0.192 e. The molecular formula is C25H20N6OS2. The van der Waals surface area contributed by atoms with Crippen molar-refractivity contribution in [3.05, 3.63) is 89.3 Å². The van der Waals surface area contributed by atoms with Crippen LogP contribution in [0, 0.1) is 11.3 Å². The zero-order chi connectivity index (χ0) is 23.5. The van der Waals surface area contributed by atoms with Gasteiger partial charge in [-0.3, -0.25) is 4.57 Å². The molecule has 0 amide bonds. The van der Waals surface area contributed by atoms with E-state index >= 15 is 0 Å². The van der Waals surface area contributed by atoms with Crippen molar-refractivity contribution in [3.8, 4) is 16.8 Å². The number of rotatable bonds is 7. The van der Waals surface area contributed by atoms with Gasteiger partial charge in [0.1, 0.15) is 17.4 Å². The van der Waals surface area contributed by atoms with Gasteiger partial charge in [0, 0.05) is 0 Å². The number of benzene rings is 2. The van der Waals surface area contributed by atoms with Crippen molar-refractivity contribution >= 4 is 39.7 Å². The van der Waals surface area contributed by atoms with Crippen LogP contribution in [0.15, 0.2) is 83.0 Å². The zero-order valence-electron chi connectivity index (χ0n) is 18.2. The van der Waals surface area contributed by atoms with Crippen LogP contribution in [-0.2, 0) is 6.54 Å². The van der Waals surface area contributed by atoms with E-state index in [-0.39, 0.29) is 11.3 Å². The van der Waals surface area contributed by atoms with E-state index in [1.165, 1.54) is 11.8 Å². The standard InChI is InChI=1S/C25H20N6OS2/c1-16(22(32)18(14-26)23-27-19-10-5-6-11-20(19)28-23)34-25-30-29-24(21-12-7-13-33-21)31(25)15-17-8-3-2-4-9-17/h2-13,16,32H,15H2,1H3,(H,27,28)/b22-18-. The van der Waals surface area contributed by atoms with E-state index in [0.717, 1.165) is 27.3 Å². The molecule has 3 heterocycles. The summed E-state index contributed by atoms with van der Waals surface area (Å²) in [6.45, 7) is 2.43. The number of hydrogen-bond acceptors (Lipinski definition) is 7. The van der Waals surface area contributed by atoms with Crippen LogP contribution in [0.1, 0.15) is 18.3 Å². The second kappa shape index (κ2) is 9.55. The number of imidazole rings is 1. The lowest BCUT2D eigenvalue weighted by Crippen LogP contribution is -2.09. The minimum absolute atomic E-state index is 0.0570. The van der Waals surface area contributed by atoms with Gasteiger partial charge in [-0.25, -0.2) is 4.98 Å². The van der Waals surface area contributed by atoms with Crippen LogP contribution in [0.5, 0.6) is 0 Å². The third kappa shape index (κ3) is 4.33. The van der Waals surface area contributed by atoms with Crippen LogP contribution in [0.4, 0.5) is 0 Å². The Bertz CT molecular complexity index is 1460. The first kappa shape index (κ1) is 21.9. The number of para-hydroxylation sites is 2. The highest BCUT2D eigenvalue weighted by atomic mass is 32.2. The van der Waals surface area contributed by atoms with Crippen molar-refractivity contribution < 1.29 is 5.11 Å². The lowest BCUT2D eigenvalue weighted by Gasteiger charge is -2.14. The van der Waals surface area contributed by atoms with Gasteiger partial charge in [-0.1, -0.05) is 60.3 Å². The molecule has 0 aliphatic rings. The first-order chi connectivity index (χ1) is 16.6. The van der Waals surface area contributed by atoms with Crippen LogP contribution in [0.3, 0.4) is 0 Å². The maximum absolute atomic E-state index is 11.0. The highest BCUT2D eigenvalue weighted by Gasteiger charge is 2.23. The molecule has 1 unspecified atom stereocenters. The number of aliphatic hydroxyl groups excluding tert-OH is 1. The Morgan fingerprint density at radius 3 is 2.65 bits per heavy atom. The second-order valence-electron chi connectivity index (χ2n) is 7.59. The van der Waals surface area contributed by atoms with Crippen molar-refractivity contribution in [2.24, 2.45) is 0 Å². The van der Waals surface area contributed by atoms with Gasteiger partial charge in [-0.05, 0) is 36.1 Å². The van der Waals surface area contributed by atoms with Gasteiger partial charge in [0.15, 0.2) is 16.8 Å². The number of nitrogens with one attached hydrogen (secondary N) is 1. The zero-order valence-corrected chi connectivity index (χ0v) is 19.8. The molecular weight excluding hydrogens is 464 g/mol. The molecule has 3 aromatic heterocycles. The Balaban J connectivity index is 1.48. The van der Waals surface area contributed by atoms with Gasteiger partial charge in [0.05, 0.1) is 27.7 Å². The predicted octanol–water partition coefficient (Wildman–Crippen LogP) is 5.90. The largest absolute Gasteiger partial charge is 0.510 e. The number of aromatic amines is 1. The number of aromatic nitrogens is 5. The number of nitrogens with zero attached hydrogens (tertiary/aromatic N) is 5. The van der Waals surface area contributed by atoms with Crippen LogP contribution in [0.2, 0.25) is 0 Å². The maximum atomic E-state index is 11.0. The number of hydrogen-bond donors (Lipinski definition) is 2. The smallest absolute Gasteiger partial charge is 0.192 e. The van der Waals surface area contributed by atoms with Crippen LogP contribution >= 0.6 is 23.1 Å². The summed E-state index contributed by atoms with van der Waals surface area (Å²) in [6, 6.07) is 23.7. The Hall–Kier alpha value is -3.87. The molecule has 9 heteroatoms. The normalized spacial score (nSPS) is 12.9. The number of nitriles is 1. The molecule has 0 spiro atoms. The highest BCUT2D eigenvalue weighted by Crippen LogP contribution is 2.33. The molecule has 5 aromatic rings. The van der Waals surface area contributed by atoms with Gasteiger partial charge in [-0.2, -0.15) is 5.26 Å². The second-order valence-corrected chi connectivity index (χ2v) is 9.85. The molecule has 0 aliphatic carbocycles. The summed E-state index contributed by atoms with van der Waals surface area (Å²) >= 11 is 2.95. The molecule has 1 atom stereocenters. The minimum Gasteiger partial charge on any atom is -0.510 e. The summed E-state index contributed by atoms with van der Waals surface area (Å²) in [5, 5.41) is 31.9. The number of fused-ring (bicyclic) bond motifs is 1. The lowest BCUT2D eigenvalue weighted by atomic mass is 10.2. The van der Waals surface area contributed by atoms with Gasteiger partial charge in [0.2, 0.25) is 0 Å². The van der Waals surface area contributed by atoms with Gasteiger partial charge >= 0.3 is 0 Å². The van der Waals surface area contributed by atoms with Crippen molar-refractivity contribution in [2.75, 3.05) is 0 Å². The number of thioether (sulfide) groups is 1. The molecule has 0 radical (unpaired) electrons. The molecule has 5 rings (SSSR count). The monoisotopic (exact) mass is 484 g/mol.